The molecule has 0 bridgehead atoms. The number of carbonyl (C=O) groups is 1. The summed E-state index contributed by atoms with van der Waals surface area (Å²) in [5.41, 5.74) is 0.593. The predicted octanol–water partition coefficient (Wildman–Crippen LogP) is 1.46. The van der Waals surface area contributed by atoms with E-state index in [-0.39, 0.29) is 12.2 Å². The number of aliphatic hydroxyl groups is 1. The maximum absolute atomic E-state index is 11.2. The number of halogens is 1. The van der Waals surface area contributed by atoms with Gasteiger partial charge in [0, 0.05) is 23.7 Å². The van der Waals surface area contributed by atoms with E-state index >= 15 is 0 Å². The summed E-state index contributed by atoms with van der Waals surface area (Å²) in [6.07, 6.45) is 0.159. The zero-order chi connectivity index (χ0) is 14.0. The summed E-state index contributed by atoms with van der Waals surface area (Å²) < 4.78 is 0. The van der Waals surface area contributed by atoms with Gasteiger partial charge >= 0.3 is 5.97 Å². The van der Waals surface area contributed by atoms with Gasteiger partial charge in [0.05, 0.1) is 6.10 Å². The van der Waals surface area contributed by atoms with Gasteiger partial charge in [-0.05, 0) is 31.0 Å². The molecule has 0 aromatic heterocycles. The van der Waals surface area contributed by atoms with Crippen molar-refractivity contribution in [3.05, 3.63) is 28.8 Å². The lowest BCUT2D eigenvalue weighted by atomic mass is 9.98. The van der Waals surface area contributed by atoms with E-state index in [1.807, 2.05) is 0 Å². The van der Waals surface area contributed by atoms with Crippen LogP contribution in [-0.4, -0.2) is 44.9 Å². The fourth-order valence-electron chi connectivity index (χ4n) is 2.34. The van der Waals surface area contributed by atoms with Crippen molar-refractivity contribution in [2.45, 2.75) is 31.5 Å². The second-order valence-corrected chi connectivity index (χ2v) is 5.21. The first-order valence-corrected chi connectivity index (χ1v) is 6.47. The van der Waals surface area contributed by atoms with Gasteiger partial charge in [-0.1, -0.05) is 11.6 Å². The number of benzene rings is 1. The second kappa shape index (κ2) is 5.77. The number of aliphatic carboxylic acids is 1. The summed E-state index contributed by atoms with van der Waals surface area (Å²) in [5.74, 6) is -0.861. The number of hydrogen-bond acceptors (Lipinski definition) is 4. The van der Waals surface area contributed by atoms with Gasteiger partial charge in [0.2, 0.25) is 0 Å². The number of rotatable bonds is 3. The first kappa shape index (κ1) is 14.1. The summed E-state index contributed by atoms with van der Waals surface area (Å²) in [4.78, 5) is 12.9. The largest absolute Gasteiger partial charge is 0.508 e. The van der Waals surface area contributed by atoms with Crippen LogP contribution in [0.4, 0.5) is 0 Å². The van der Waals surface area contributed by atoms with Crippen LogP contribution >= 0.6 is 11.6 Å². The number of phenols is 1. The molecule has 1 fully saturated rings. The van der Waals surface area contributed by atoms with Crippen LogP contribution in [0, 0.1) is 0 Å². The standard InChI is InChI=1S/C13H16ClNO4/c14-9-1-2-12(17)8(5-9)7-15-4-3-10(16)6-11(15)13(18)19/h1-2,5,10-11,16-17H,3-4,6-7H2,(H,18,19)/t10-,11+/m1/s1. The molecule has 0 spiro atoms. The average molecular weight is 286 g/mol. The monoisotopic (exact) mass is 285 g/mol. The van der Waals surface area contributed by atoms with E-state index < -0.39 is 18.1 Å². The van der Waals surface area contributed by atoms with Crippen molar-refractivity contribution < 1.29 is 20.1 Å². The molecule has 0 unspecified atom stereocenters. The Morgan fingerprint density at radius 3 is 2.89 bits per heavy atom. The number of carboxylic acids is 1. The van der Waals surface area contributed by atoms with Gasteiger partial charge in [0.1, 0.15) is 11.8 Å². The molecule has 1 heterocycles. The molecule has 3 N–H and O–H groups in total. The molecule has 1 saturated heterocycles. The van der Waals surface area contributed by atoms with Crippen molar-refractivity contribution in [2.75, 3.05) is 6.54 Å². The highest BCUT2D eigenvalue weighted by Gasteiger charge is 2.32. The van der Waals surface area contributed by atoms with Crippen molar-refractivity contribution in [1.82, 2.24) is 4.90 Å². The molecule has 1 aliphatic rings. The maximum atomic E-state index is 11.2. The van der Waals surface area contributed by atoms with Gasteiger partial charge in [-0.15, -0.1) is 0 Å². The maximum Gasteiger partial charge on any atom is 0.321 e. The third-order valence-electron chi connectivity index (χ3n) is 3.39. The smallest absolute Gasteiger partial charge is 0.321 e. The molecule has 1 aromatic rings. The minimum atomic E-state index is -0.958. The minimum absolute atomic E-state index is 0.0969. The number of carboxylic acid groups (broad SMARTS) is 1. The van der Waals surface area contributed by atoms with Gasteiger partial charge in [0.15, 0.2) is 0 Å². The number of phenolic OH excluding ortho intramolecular Hbond substituents is 1. The van der Waals surface area contributed by atoms with Crippen molar-refractivity contribution in [2.24, 2.45) is 0 Å². The molecular formula is C13H16ClNO4. The Bertz CT molecular complexity index is 480. The highest BCUT2D eigenvalue weighted by atomic mass is 35.5. The molecule has 0 aliphatic carbocycles. The topological polar surface area (TPSA) is 81.0 Å². The van der Waals surface area contributed by atoms with Gasteiger partial charge < -0.3 is 15.3 Å². The Morgan fingerprint density at radius 2 is 2.21 bits per heavy atom. The minimum Gasteiger partial charge on any atom is -0.508 e. The zero-order valence-corrected chi connectivity index (χ0v) is 11.0. The Hall–Kier alpha value is -1.30. The molecule has 6 heteroatoms. The van der Waals surface area contributed by atoms with Crippen LogP contribution in [-0.2, 0) is 11.3 Å². The molecule has 5 nitrogen and oxygen atoms in total. The van der Waals surface area contributed by atoms with Crippen LogP contribution in [0.1, 0.15) is 18.4 Å². The van der Waals surface area contributed by atoms with Crippen molar-refractivity contribution in [1.29, 1.82) is 0 Å². The fourth-order valence-corrected chi connectivity index (χ4v) is 2.54. The normalized spacial score (nSPS) is 24.3. The average Bonchev–Trinajstić information content (AvgIpc) is 2.35. The van der Waals surface area contributed by atoms with Crippen molar-refractivity contribution >= 4 is 17.6 Å². The number of hydrogen-bond donors (Lipinski definition) is 3. The molecule has 2 atom stereocenters. The van der Waals surface area contributed by atoms with E-state index in [1.54, 1.807) is 17.0 Å². The Balaban J connectivity index is 2.16. The van der Waals surface area contributed by atoms with Gasteiger partial charge in [-0.2, -0.15) is 0 Å². The second-order valence-electron chi connectivity index (χ2n) is 4.78. The van der Waals surface area contributed by atoms with E-state index in [4.69, 9.17) is 11.6 Å². The molecule has 0 amide bonds. The third-order valence-corrected chi connectivity index (χ3v) is 3.62. The first-order chi connectivity index (χ1) is 8.97. The number of likely N-dealkylation sites (tertiary alicyclic amines) is 1. The van der Waals surface area contributed by atoms with Gasteiger partial charge in [-0.3, -0.25) is 9.69 Å². The van der Waals surface area contributed by atoms with E-state index in [0.29, 0.717) is 30.1 Å². The van der Waals surface area contributed by atoms with E-state index in [1.165, 1.54) is 6.07 Å². The summed E-state index contributed by atoms with van der Waals surface area (Å²) in [6, 6.07) is 3.96. The van der Waals surface area contributed by atoms with Crippen LogP contribution in [0.25, 0.3) is 0 Å². The molecule has 104 valence electrons. The quantitative estimate of drug-likeness (QED) is 0.783. The van der Waals surface area contributed by atoms with E-state index in [0.717, 1.165) is 0 Å². The number of aromatic hydroxyl groups is 1. The van der Waals surface area contributed by atoms with Gasteiger partial charge in [0.25, 0.3) is 0 Å². The lowest BCUT2D eigenvalue weighted by molar-refractivity contribution is -0.147. The number of piperidine rings is 1. The predicted molar refractivity (Wildman–Crippen MR) is 70.2 cm³/mol. The molecule has 0 radical (unpaired) electrons. The van der Waals surface area contributed by atoms with Crippen LogP contribution in [0.2, 0.25) is 5.02 Å². The first-order valence-electron chi connectivity index (χ1n) is 6.09. The van der Waals surface area contributed by atoms with Crippen LogP contribution in [0.5, 0.6) is 5.75 Å². The lowest BCUT2D eigenvalue weighted by Crippen LogP contribution is -2.48. The van der Waals surface area contributed by atoms with Crippen LogP contribution in [0.15, 0.2) is 18.2 Å². The van der Waals surface area contributed by atoms with Crippen LogP contribution < -0.4 is 0 Å². The summed E-state index contributed by atoms with van der Waals surface area (Å²) in [5, 5.41) is 29.0. The summed E-state index contributed by atoms with van der Waals surface area (Å²) in [7, 11) is 0. The van der Waals surface area contributed by atoms with Gasteiger partial charge in [-0.25, -0.2) is 0 Å². The Kier molecular flexibility index (Phi) is 4.29. The molecule has 19 heavy (non-hydrogen) atoms. The highest BCUT2D eigenvalue weighted by Crippen LogP contribution is 2.26. The van der Waals surface area contributed by atoms with Crippen molar-refractivity contribution in [3.63, 3.8) is 0 Å². The Labute approximate surface area is 116 Å². The summed E-state index contributed by atoms with van der Waals surface area (Å²) >= 11 is 5.87. The highest BCUT2D eigenvalue weighted by molar-refractivity contribution is 6.30. The SMILES string of the molecule is O=C(O)[C@@H]1C[C@H](O)CCN1Cc1cc(Cl)ccc1O. The molecule has 1 aromatic carbocycles. The van der Waals surface area contributed by atoms with E-state index in [2.05, 4.69) is 0 Å². The van der Waals surface area contributed by atoms with Crippen LogP contribution in [0.3, 0.4) is 0 Å². The third kappa shape index (κ3) is 3.37. The molecule has 0 saturated carbocycles. The Morgan fingerprint density at radius 1 is 1.47 bits per heavy atom. The van der Waals surface area contributed by atoms with E-state index in [9.17, 15) is 20.1 Å². The fraction of sp³-hybridized carbons (Fsp3) is 0.462. The lowest BCUT2D eigenvalue weighted by Gasteiger charge is -2.35. The zero-order valence-electron chi connectivity index (χ0n) is 10.3. The number of nitrogens with zero attached hydrogens (tertiary/aromatic N) is 1. The number of aliphatic hydroxyl groups excluding tert-OH is 1. The molecule has 1 aliphatic heterocycles. The van der Waals surface area contributed by atoms with Crippen molar-refractivity contribution in [3.8, 4) is 5.75 Å². The summed E-state index contributed by atoms with van der Waals surface area (Å²) in [6.45, 7) is 0.778. The molecular weight excluding hydrogens is 270 g/mol. The molecule has 2 rings (SSSR count).